The van der Waals surface area contributed by atoms with Crippen molar-refractivity contribution in [3.05, 3.63) is 0 Å². The molecule has 1 unspecified atom stereocenters. The number of rotatable bonds is 6. The second-order valence-corrected chi connectivity index (χ2v) is 3.72. The van der Waals surface area contributed by atoms with Crippen LogP contribution in [0, 0.1) is 0 Å². The summed E-state index contributed by atoms with van der Waals surface area (Å²) in [6.45, 7) is 3.64. The molecule has 1 saturated heterocycles. The van der Waals surface area contributed by atoms with Crippen molar-refractivity contribution in [3.8, 4) is 0 Å². The van der Waals surface area contributed by atoms with Gasteiger partial charge in [-0.05, 0) is 6.42 Å². The summed E-state index contributed by atoms with van der Waals surface area (Å²) in [6.07, 6.45) is 1.27. The van der Waals surface area contributed by atoms with Crippen molar-refractivity contribution in [2.24, 2.45) is 0 Å². The van der Waals surface area contributed by atoms with Crippen molar-refractivity contribution >= 4 is 5.97 Å². The molecular formula is C10H19NO4. The van der Waals surface area contributed by atoms with E-state index in [1.54, 1.807) is 7.11 Å². The Bertz CT molecular complexity index is 198. The van der Waals surface area contributed by atoms with Gasteiger partial charge in [-0.2, -0.15) is 0 Å². The molecule has 1 rings (SSSR count). The summed E-state index contributed by atoms with van der Waals surface area (Å²) in [5.74, 6) is -0.741. The number of morpholine rings is 1. The first-order valence-corrected chi connectivity index (χ1v) is 5.27. The molecule has 0 saturated carbocycles. The highest BCUT2D eigenvalue weighted by Crippen LogP contribution is 2.08. The highest BCUT2D eigenvalue weighted by molar-refractivity contribution is 5.66. The maximum absolute atomic E-state index is 10.4. The Hall–Kier alpha value is -0.650. The van der Waals surface area contributed by atoms with Crippen LogP contribution in [0.15, 0.2) is 0 Å². The van der Waals surface area contributed by atoms with Crippen molar-refractivity contribution < 1.29 is 19.4 Å². The molecule has 1 N–H and O–H groups in total. The van der Waals surface area contributed by atoms with Crippen molar-refractivity contribution in [2.45, 2.75) is 18.9 Å². The fourth-order valence-corrected chi connectivity index (χ4v) is 1.66. The largest absolute Gasteiger partial charge is 0.481 e. The van der Waals surface area contributed by atoms with E-state index >= 15 is 0 Å². The minimum Gasteiger partial charge on any atom is -0.481 e. The van der Waals surface area contributed by atoms with Crippen LogP contribution in [0.4, 0.5) is 0 Å². The third-order valence-corrected chi connectivity index (χ3v) is 2.51. The molecule has 15 heavy (non-hydrogen) atoms. The van der Waals surface area contributed by atoms with Crippen LogP contribution in [0.25, 0.3) is 0 Å². The molecule has 1 aliphatic heterocycles. The zero-order valence-corrected chi connectivity index (χ0v) is 9.15. The molecule has 1 atom stereocenters. The van der Waals surface area contributed by atoms with Gasteiger partial charge in [-0.15, -0.1) is 0 Å². The molecule has 5 nitrogen and oxygen atoms in total. The average molecular weight is 217 g/mol. The Morgan fingerprint density at radius 2 is 2.47 bits per heavy atom. The zero-order chi connectivity index (χ0) is 11.1. The Labute approximate surface area is 90.0 Å². The van der Waals surface area contributed by atoms with E-state index in [0.717, 1.165) is 19.5 Å². The van der Waals surface area contributed by atoms with Crippen LogP contribution >= 0.6 is 0 Å². The number of ether oxygens (including phenoxy) is 2. The molecule has 0 amide bonds. The molecule has 0 bridgehead atoms. The standard InChI is InChI=1S/C10H19NO4/c1-14-6-3-9-8-11(5-7-15-9)4-2-10(12)13/h9H,2-8H2,1H3,(H,12,13). The first-order chi connectivity index (χ1) is 7.22. The van der Waals surface area contributed by atoms with Crippen LogP contribution in [-0.4, -0.2) is 62.0 Å². The highest BCUT2D eigenvalue weighted by atomic mass is 16.5. The summed E-state index contributed by atoms with van der Waals surface area (Å²) in [5.41, 5.74) is 0. The van der Waals surface area contributed by atoms with Gasteiger partial charge < -0.3 is 14.6 Å². The topological polar surface area (TPSA) is 59.0 Å². The van der Waals surface area contributed by atoms with Gasteiger partial charge in [-0.3, -0.25) is 9.69 Å². The summed E-state index contributed by atoms with van der Waals surface area (Å²) in [6, 6.07) is 0. The van der Waals surface area contributed by atoms with E-state index in [1.807, 2.05) is 0 Å². The lowest BCUT2D eigenvalue weighted by Gasteiger charge is -2.32. The summed E-state index contributed by atoms with van der Waals surface area (Å²) in [5, 5.41) is 8.57. The van der Waals surface area contributed by atoms with E-state index in [2.05, 4.69) is 4.90 Å². The number of hydrogen-bond donors (Lipinski definition) is 1. The van der Waals surface area contributed by atoms with Gasteiger partial charge in [-0.25, -0.2) is 0 Å². The Morgan fingerprint density at radius 3 is 3.13 bits per heavy atom. The monoisotopic (exact) mass is 217 g/mol. The van der Waals surface area contributed by atoms with Gasteiger partial charge in [0.15, 0.2) is 0 Å². The Morgan fingerprint density at radius 1 is 1.67 bits per heavy atom. The SMILES string of the molecule is COCCC1CN(CCC(=O)O)CCO1. The molecule has 0 aromatic heterocycles. The van der Waals surface area contributed by atoms with Crippen molar-refractivity contribution in [1.82, 2.24) is 4.90 Å². The van der Waals surface area contributed by atoms with E-state index in [1.165, 1.54) is 0 Å². The number of carboxylic acids is 1. The molecule has 0 radical (unpaired) electrons. The third kappa shape index (κ3) is 5.11. The zero-order valence-electron chi connectivity index (χ0n) is 9.15. The molecule has 0 aromatic carbocycles. The van der Waals surface area contributed by atoms with Crippen LogP contribution in [-0.2, 0) is 14.3 Å². The maximum atomic E-state index is 10.4. The molecule has 1 fully saturated rings. The molecule has 0 aliphatic carbocycles. The van der Waals surface area contributed by atoms with Gasteiger partial charge in [0.2, 0.25) is 0 Å². The Kier molecular flexibility index (Phi) is 5.60. The fourth-order valence-electron chi connectivity index (χ4n) is 1.66. The lowest BCUT2D eigenvalue weighted by Crippen LogP contribution is -2.43. The van der Waals surface area contributed by atoms with E-state index in [0.29, 0.717) is 19.8 Å². The van der Waals surface area contributed by atoms with Gasteiger partial charge in [0.05, 0.1) is 19.1 Å². The second-order valence-electron chi connectivity index (χ2n) is 3.72. The molecule has 0 aromatic rings. The van der Waals surface area contributed by atoms with Gasteiger partial charge in [-0.1, -0.05) is 0 Å². The summed E-state index contributed by atoms with van der Waals surface area (Å²) < 4.78 is 10.5. The smallest absolute Gasteiger partial charge is 0.304 e. The fraction of sp³-hybridized carbons (Fsp3) is 0.900. The molecule has 1 heterocycles. The van der Waals surface area contributed by atoms with Crippen molar-refractivity contribution in [2.75, 3.05) is 40.0 Å². The van der Waals surface area contributed by atoms with Crippen LogP contribution in [0.1, 0.15) is 12.8 Å². The molecule has 0 spiro atoms. The second kappa shape index (κ2) is 6.76. The first kappa shape index (κ1) is 12.4. The number of methoxy groups -OCH3 is 1. The van der Waals surface area contributed by atoms with E-state index < -0.39 is 5.97 Å². The molecule has 88 valence electrons. The van der Waals surface area contributed by atoms with Crippen molar-refractivity contribution in [1.29, 1.82) is 0 Å². The summed E-state index contributed by atoms with van der Waals surface area (Å²) in [4.78, 5) is 12.6. The summed E-state index contributed by atoms with van der Waals surface area (Å²) >= 11 is 0. The van der Waals surface area contributed by atoms with Crippen molar-refractivity contribution in [3.63, 3.8) is 0 Å². The average Bonchev–Trinajstić information content (AvgIpc) is 2.24. The number of carboxylic acid groups (broad SMARTS) is 1. The van der Waals surface area contributed by atoms with Gasteiger partial charge >= 0.3 is 5.97 Å². The van der Waals surface area contributed by atoms with Crippen LogP contribution < -0.4 is 0 Å². The number of nitrogens with zero attached hydrogens (tertiary/aromatic N) is 1. The molecule has 1 aliphatic rings. The van der Waals surface area contributed by atoms with Crippen LogP contribution in [0.3, 0.4) is 0 Å². The van der Waals surface area contributed by atoms with E-state index in [9.17, 15) is 4.79 Å². The lowest BCUT2D eigenvalue weighted by atomic mass is 10.2. The number of carbonyl (C=O) groups is 1. The lowest BCUT2D eigenvalue weighted by molar-refractivity contribution is -0.137. The quantitative estimate of drug-likeness (QED) is 0.688. The highest BCUT2D eigenvalue weighted by Gasteiger charge is 2.20. The number of aliphatic carboxylic acids is 1. The van der Waals surface area contributed by atoms with E-state index in [4.69, 9.17) is 14.6 Å². The van der Waals surface area contributed by atoms with Crippen LogP contribution in [0.2, 0.25) is 0 Å². The minimum atomic E-state index is -0.741. The Balaban J connectivity index is 2.19. The normalized spacial score (nSPS) is 22.9. The predicted octanol–water partition coefficient (Wildman–Crippen LogP) is 0.198. The van der Waals surface area contributed by atoms with E-state index in [-0.39, 0.29) is 12.5 Å². The summed E-state index contributed by atoms with van der Waals surface area (Å²) in [7, 11) is 1.67. The molecule has 5 heteroatoms. The van der Waals surface area contributed by atoms with Gasteiger partial charge in [0.25, 0.3) is 0 Å². The molecular weight excluding hydrogens is 198 g/mol. The number of hydrogen-bond acceptors (Lipinski definition) is 4. The third-order valence-electron chi connectivity index (χ3n) is 2.51. The van der Waals surface area contributed by atoms with Crippen LogP contribution in [0.5, 0.6) is 0 Å². The first-order valence-electron chi connectivity index (χ1n) is 5.27. The van der Waals surface area contributed by atoms with Gasteiger partial charge in [0.1, 0.15) is 0 Å². The maximum Gasteiger partial charge on any atom is 0.304 e. The van der Waals surface area contributed by atoms with Gasteiger partial charge in [0, 0.05) is 33.4 Å². The predicted molar refractivity (Wildman–Crippen MR) is 54.9 cm³/mol. The minimum absolute atomic E-state index is 0.187.